The van der Waals surface area contributed by atoms with Crippen LogP contribution in [0.25, 0.3) is 0 Å². The minimum atomic E-state index is -0.0901. The molecule has 0 aliphatic carbocycles. The monoisotopic (exact) mass is 395 g/mol. The number of anilines is 1. The van der Waals surface area contributed by atoms with E-state index < -0.39 is 0 Å². The fourth-order valence-electron chi connectivity index (χ4n) is 3.33. The van der Waals surface area contributed by atoms with Crippen LogP contribution < -0.4 is 20.1 Å². The van der Waals surface area contributed by atoms with Gasteiger partial charge in [0, 0.05) is 24.0 Å². The molecule has 2 N–H and O–H groups in total. The molecule has 28 heavy (non-hydrogen) atoms. The number of rotatable bonds is 6. The first-order valence-electron chi connectivity index (χ1n) is 9.09. The van der Waals surface area contributed by atoms with Crippen molar-refractivity contribution >= 4 is 22.4 Å². The number of benzene rings is 2. The van der Waals surface area contributed by atoms with Crippen molar-refractivity contribution in [3.05, 3.63) is 65.2 Å². The molecule has 1 aromatic heterocycles. The molecule has 3 aromatic rings. The maximum absolute atomic E-state index is 12.4. The Morgan fingerprint density at radius 1 is 1.29 bits per heavy atom. The first kappa shape index (κ1) is 18.5. The SMILES string of the molecule is COc1cc2c(cc1Oc1ccccc1)C(CC(=O)Nc1nccs1)NCC2. The van der Waals surface area contributed by atoms with Crippen LogP contribution in [0, 0.1) is 0 Å². The lowest BCUT2D eigenvalue weighted by Crippen LogP contribution is -2.32. The first-order valence-corrected chi connectivity index (χ1v) is 9.97. The van der Waals surface area contributed by atoms with Crippen molar-refractivity contribution in [1.82, 2.24) is 10.3 Å². The van der Waals surface area contributed by atoms with Crippen LogP contribution in [0.5, 0.6) is 17.2 Å². The van der Waals surface area contributed by atoms with E-state index in [1.807, 2.05) is 47.8 Å². The summed E-state index contributed by atoms with van der Waals surface area (Å²) in [5.74, 6) is 2.00. The van der Waals surface area contributed by atoms with Crippen molar-refractivity contribution in [2.45, 2.75) is 18.9 Å². The Morgan fingerprint density at radius 2 is 2.14 bits per heavy atom. The molecular formula is C21H21N3O3S. The minimum Gasteiger partial charge on any atom is -0.493 e. The summed E-state index contributed by atoms with van der Waals surface area (Å²) >= 11 is 1.41. The van der Waals surface area contributed by atoms with Crippen molar-refractivity contribution in [2.75, 3.05) is 19.0 Å². The average Bonchev–Trinajstić information content (AvgIpc) is 3.21. The summed E-state index contributed by atoms with van der Waals surface area (Å²) in [6, 6.07) is 13.5. The van der Waals surface area contributed by atoms with Crippen molar-refractivity contribution in [3.8, 4) is 17.2 Å². The third kappa shape index (κ3) is 4.16. The van der Waals surface area contributed by atoms with Gasteiger partial charge >= 0.3 is 0 Å². The van der Waals surface area contributed by atoms with Crippen LogP contribution in [0.15, 0.2) is 54.0 Å². The van der Waals surface area contributed by atoms with E-state index in [-0.39, 0.29) is 11.9 Å². The molecule has 1 aliphatic rings. The molecule has 0 saturated heterocycles. The number of aromatic nitrogens is 1. The van der Waals surface area contributed by atoms with E-state index in [1.165, 1.54) is 16.9 Å². The van der Waals surface area contributed by atoms with Crippen LogP contribution in [-0.4, -0.2) is 24.5 Å². The molecule has 6 nitrogen and oxygen atoms in total. The van der Waals surface area contributed by atoms with E-state index in [2.05, 4.69) is 15.6 Å². The Kier molecular flexibility index (Phi) is 5.55. The maximum Gasteiger partial charge on any atom is 0.228 e. The van der Waals surface area contributed by atoms with Gasteiger partial charge in [-0.25, -0.2) is 4.98 Å². The van der Waals surface area contributed by atoms with Crippen LogP contribution in [0.3, 0.4) is 0 Å². The van der Waals surface area contributed by atoms with Gasteiger partial charge in [0.15, 0.2) is 16.6 Å². The van der Waals surface area contributed by atoms with Crippen molar-refractivity contribution < 1.29 is 14.3 Å². The second kappa shape index (κ2) is 8.41. The summed E-state index contributed by atoms with van der Waals surface area (Å²) in [6.07, 6.45) is 2.87. The van der Waals surface area contributed by atoms with E-state index in [9.17, 15) is 4.79 Å². The molecule has 2 heterocycles. The number of fused-ring (bicyclic) bond motifs is 1. The summed E-state index contributed by atoms with van der Waals surface area (Å²) in [6.45, 7) is 0.810. The fraction of sp³-hybridized carbons (Fsp3) is 0.238. The Bertz CT molecular complexity index is 945. The molecule has 4 rings (SSSR count). The molecule has 1 atom stereocenters. The number of methoxy groups -OCH3 is 1. The van der Waals surface area contributed by atoms with Gasteiger partial charge in [-0.1, -0.05) is 18.2 Å². The predicted molar refractivity (Wildman–Crippen MR) is 109 cm³/mol. The Morgan fingerprint density at radius 3 is 2.89 bits per heavy atom. The Hall–Kier alpha value is -2.90. The molecule has 0 radical (unpaired) electrons. The highest BCUT2D eigenvalue weighted by Crippen LogP contribution is 2.38. The molecule has 2 aromatic carbocycles. The number of carbonyl (C=O) groups excluding carboxylic acids is 1. The predicted octanol–water partition coefficient (Wildman–Crippen LogP) is 4.16. The number of hydrogen-bond acceptors (Lipinski definition) is 6. The zero-order chi connectivity index (χ0) is 19.3. The lowest BCUT2D eigenvalue weighted by Gasteiger charge is -2.28. The van der Waals surface area contributed by atoms with E-state index in [0.29, 0.717) is 23.1 Å². The number of ether oxygens (including phenoxy) is 2. The lowest BCUT2D eigenvalue weighted by molar-refractivity contribution is -0.116. The number of nitrogens with zero attached hydrogens (tertiary/aromatic N) is 1. The van der Waals surface area contributed by atoms with Gasteiger partial charge < -0.3 is 20.1 Å². The maximum atomic E-state index is 12.4. The number of hydrogen-bond donors (Lipinski definition) is 2. The van der Waals surface area contributed by atoms with E-state index in [4.69, 9.17) is 9.47 Å². The highest BCUT2D eigenvalue weighted by Gasteiger charge is 2.25. The van der Waals surface area contributed by atoms with E-state index in [0.717, 1.165) is 24.3 Å². The zero-order valence-corrected chi connectivity index (χ0v) is 16.3. The van der Waals surface area contributed by atoms with Crippen LogP contribution in [0.1, 0.15) is 23.6 Å². The topological polar surface area (TPSA) is 72.5 Å². The second-order valence-electron chi connectivity index (χ2n) is 6.46. The molecule has 1 aliphatic heterocycles. The number of carbonyl (C=O) groups is 1. The lowest BCUT2D eigenvalue weighted by atomic mass is 9.91. The number of para-hydroxylation sites is 1. The molecule has 0 spiro atoms. The highest BCUT2D eigenvalue weighted by atomic mass is 32.1. The van der Waals surface area contributed by atoms with Gasteiger partial charge in [0.05, 0.1) is 7.11 Å². The van der Waals surface area contributed by atoms with Gasteiger partial charge in [-0.05, 0) is 48.4 Å². The van der Waals surface area contributed by atoms with Crippen LogP contribution in [0.2, 0.25) is 0 Å². The molecule has 1 unspecified atom stereocenters. The number of thiazole rings is 1. The first-order chi connectivity index (χ1) is 13.7. The molecule has 1 amide bonds. The van der Waals surface area contributed by atoms with E-state index in [1.54, 1.807) is 13.3 Å². The van der Waals surface area contributed by atoms with Gasteiger partial charge in [-0.3, -0.25) is 4.79 Å². The van der Waals surface area contributed by atoms with Crippen LogP contribution >= 0.6 is 11.3 Å². The standard InChI is InChI=1S/C21H21N3O3S/c1-26-18-11-14-7-8-22-17(13-20(25)24-21-23-9-10-28-21)16(14)12-19(18)27-15-5-3-2-4-6-15/h2-6,9-12,17,22H,7-8,13H2,1H3,(H,23,24,25). The number of amides is 1. The molecule has 7 heteroatoms. The fourth-order valence-corrected chi connectivity index (χ4v) is 3.87. The highest BCUT2D eigenvalue weighted by molar-refractivity contribution is 7.13. The summed E-state index contributed by atoms with van der Waals surface area (Å²) in [5, 5.41) is 8.74. The smallest absolute Gasteiger partial charge is 0.228 e. The zero-order valence-electron chi connectivity index (χ0n) is 15.5. The second-order valence-corrected chi connectivity index (χ2v) is 7.36. The van der Waals surface area contributed by atoms with Crippen molar-refractivity contribution in [2.24, 2.45) is 0 Å². The summed E-state index contributed by atoms with van der Waals surface area (Å²) < 4.78 is 11.6. The quantitative estimate of drug-likeness (QED) is 0.656. The van der Waals surface area contributed by atoms with Gasteiger partial charge in [-0.2, -0.15) is 0 Å². The summed E-state index contributed by atoms with van der Waals surface area (Å²) in [4.78, 5) is 16.6. The molecular weight excluding hydrogens is 374 g/mol. The minimum absolute atomic E-state index is 0.0679. The van der Waals surface area contributed by atoms with Crippen molar-refractivity contribution in [3.63, 3.8) is 0 Å². The van der Waals surface area contributed by atoms with Crippen LogP contribution in [0.4, 0.5) is 5.13 Å². The molecule has 0 fully saturated rings. The molecule has 0 saturated carbocycles. The van der Waals surface area contributed by atoms with Gasteiger partial charge in [0.25, 0.3) is 0 Å². The average molecular weight is 395 g/mol. The largest absolute Gasteiger partial charge is 0.493 e. The van der Waals surface area contributed by atoms with Gasteiger partial charge in [-0.15, -0.1) is 11.3 Å². The van der Waals surface area contributed by atoms with Crippen LogP contribution in [-0.2, 0) is 11.2 Å². The molecule has 0 bridgehead atoms. The normalized spacial score (nSPS) is 15.5. The Balaban J connectivity index is 1.58. The van der Waals surface area contributed by atoms with E-state index >= 15 is 0 Å². The number of nitrogens with one attached hydrogen (secondary N) is 2. The third-order valence-corrected chi connectivity index (χ3v) is 5.31. The summed E-state index contributed by atoms with van der Waals surface area (Å²) in [5.41, 5.74) is 2.23. The van der Waals surface area contributed by atoms with Gasteiger partial charge in [0.2, 0.25) is 5.91 Å². The van der Waals surface area contributed by atoms with Gasteiger partial charge in [0.1, 0.15) is 5.75 Å². The Labute approximate surface area is 167 Å². The third-order valence-electron chi connectivity index (χ3n) is 4.63. The summed E-state index contributed by atoms with van der Waals surface area (Å²) in [7, 11) is 1.64. The van der Waals surface area contributed by atoms with Crippen molar-refractivity contribution in [1.29, 1.82) is 0 Å². The molecule has 144 valence electrons.